The maximum atomic E-state index is 10.5. The second kappa shape index (κ2) is 9.66. The SMILES string of the molecule is N#CBr.O=S(=O)(O)CCN1CCN(CCO)CC1. The predicted molar refractivity (Wildman–Crippen MR) is 70.9 cm³/mol. The summed E-state index contributed by atoms with van der Waals surface area (Å²) in [5, 5.41) is 16.0. The van der Waals surface area contributed by atoms with Crippen molar-refractivity contribution in [3.63, 3.8) is 0 Å². The van der Waals surface area contributed by atoms with E-state index in [1.165, 1.54) is 0 Å². The molecule has 0 unspecified atom stereocenters. The van der Waals surface area contributed by atoms with Gasteiger partial charge in [0.1, 0.15) is 4.98 Å². The molecule has 1 aliphatic rings. The minimum Gasteiger partial charge on any atom is -0.395 e. The van der Waals surface area contributed by atoms with Crippen LogP contribution in [0.2, 0.25) is 0 Å². The maximum absolute atomic E-state index is 10.5. The molecule has 1 saturated heterocycles. The number of hydrogen-bond donors (Lipinski definition) is 2. The Morgan fingerprint density at radius 2 is 1.56 bits per heavy atom. The van der Waals surface area contributed by atoms with E-state index in [-0.39, 0.29) is 12.4 Å². The van der Waals surface area contributed by atoms with Gasteiger partial charge in [-0.1, -0.05) is 0 Å². The van der Waals surface area contributed by atoms with Crippen molar-refractivity contribution in [1.82, 2.24) is 9.80 Å². The zero-order valence-electron chi connectivity index (χ0n) is 10.00. The molecule has 0 aromatic rings. The Labute approximate surface area is 116 Å². The highest BCUT2D eigenvalue weighted by Gasteiger charge is 2.17. The fourth-order valence-corrected chi connectivity index (χ4v) is 2.11. The molecule has 1 rings (SSSR count). The minimum atomic E-state index is -3.84. The van der Waals surface area contributed by atoms with Gasteiger partial charge < -0.3 is 5.11 Å². The monoisotopic (exact) mass is 343 g/mol. The van der Waals surface area contributed by atoms with E-state index in [0.717, 1.165) is 26.2 Å². The summed E-state index contributed by atoms with van der Waals surface area (Å²) in [6, 6.07) is 0. The highest BCUT2D eigenvalue weighted by atomic mass is 79.9. The summed E-state index contributed by atoms with van der Waals surface area (Å²) >= 11 is 2.45. The summed E-state index contributed by atoms with van der Waals surface area (Å²) in [6.07, 6.45) is 0. The number of nitriles is 1. The molecule has 0 bridgehead atoms. The first-order valence-electron chi connectivity index (χ1n) is 5.43. The van der Waals surface area contributed by atoms with Gasteiger partial charge in [0.2, 0.25) is 0 Å². The van der Waals surface area contributed by atoms with Crippen LogP contribution < -0.4 is 0 Å². The zero-order chi connectivity index (χ0) is 14.0. The molecule has 7 nitrogen and oxygen atoms in total. The van der Waals surface area contributed by atoms with Crippen molar-refractivity contribution in [3.05, 3.63) is 0 Å². The molecule has 1 heterocycles. The molecule has 0 amide bonds. The standard InChI is InChI=1S/C8H18N2O4S.CBrN/c11-7-5-9-1-3-10(4-2-9)6-8-15(12,13)14;2-1-3/h11H,1-8H2,(H,12,13,14);. The van der Waals surface area contributed by atoms with Crippen molar-refractivity contribution in [1.29, 1.82) is 5.26 Å². The van der Waals surface area contributed by atoms with Crippen LogP contribution in [0.5, 0.6) is 0 Å². The summed E-state index contributed by atoms with van der Waals surface area (Å²) in [5.41, 5.74) is 0. The normalized spacial score (nSPS) is 17.7. The molecule has 1 aliphatic heterocycles. The summed E-state index contributed by atoms with van der Waals surface area (Å²) in [4.78, 5) is 5.69. The number of nitrogens with zero attached hydrogens (tertiary/aromatic N) is 3. The van der Waals surface area contributed by atoms with Gasteiger partial charge in [-0.25, -0.2) is 0 Å². The third kappa shape index (κ3) is 9.76. The van der Waals surface area contributed by atoms with Gasteiger partial charge in [-0.05, 0) is 0 Å². The fraction of sp³-hybridized carbons (Fsp3) is 0.889. The predicted octanol–water partition coefficient (Wildman–Crippen LogP) is -0.654. The van der Waals surface area contributed by atoms with Gasteiger partial charge in [-0.3, -0.25) is 14.4 Å². The van der Waals surface area contributed by atoms with E-state index in [1.807, 2.05) is 4.90 Å². The number of halogens is 1. The number of β-amino-alcohol motifs (C(OH)–C–C–N with tert-alkyl or cyclic N) is 1. The Morgan fingerprint density at radius 3 is 1.89 bits per heavy atom. The summed E-state index contributed by atoms with van der Waals surface area (Å²) in [6.45, 7) is 4.46. The number of hydrogen-bond acceptors (Lipinski definition) is 6. The van der Waals surface area contributed by atoms with Crippen LogP contribution in [0, 0.1) is 10.2 Å². The topological polar surface area (TPSA) is 105 Å². The molecule has 0 radical (unpaired) electrons. The van der Waals surface area contributed by atoms with E-state index in [9.17, 15) is 8.42 Å². The van der Waals surface area contributed by atoms with Crippen LogP contribution in [0.25, 0.3) is 0 Å². The van der Waals surface area contributed by atoms with Crippen LogP contribution >= 0.6 is 15.9 Å². The highest BCUT2D eigenvalue weighted by molar-refractivity contribution is 9.12. The van der Waals surface area contributed by atoms with Gasteiger partial charge in [0.15, 0.2) is 0 Å². The van der Waals surface area contributed by atoms with Crippen molar-refractivity contribution in [2.24, 2.45) is 0 Å². The number of aliphatic hydroxyl groups excluding tert-OH is 1. The lowest BCUT2D eigenvalue weighted by molar-refractivity contribution is 0.116. The minimum absolute atomic E-state index is 0.158. The summed E-state index contributed by atoms with van der Waals surface area (Å²) < 4.78 is 29.6. The number of piperazine rings is 1. The van der Waals surface area contributed by atoms with E-state index in [0.29, 0.717) is 13.1 Å². The second-order valence-electron chi connectivity index (χ2n) is 3.78. The Hall–Kier alpha value is -0.240. The third-order valence-corrected chi connectivity index (χ3v) is 3.25. The molecule has 0 aromatic heterocycles. The van der Waals surface area contributed by atoms with E-state index in [1.54, 1.807) is 4.98 Å². The molecule has 0 aromatic carbocycles. The first kappa shape index (κ1) is 17.8. The van der Waals surface area contributed by atoms with E-state index < -0.39 is 10.1 Å². The van der Waals surface area contributed by atoms with Gasteiger partial charge >= 0.3 is 0 Å². The van der Waals surface area contributed by atoms with Gasteiger partial charge in [0.25, 0.3) is 10.1 Å². The largest absolute Gasteiger partial charge is 0.395 e. The van der Waals surface area contributed by atoms with Crippen LogP contribution in [0.15, 0.2) is 0 Å². The van der Waals surface area contributed by atoms with Crippen molar-refractivity contribution < 1.29 is 18.1 Å². The highest BCUT2D eigenvalue weighted by Crippen LogP contribution is 2.01. The van der Waals surface area contributed by atoms with Gasteiger partial charge in [-0.2, -0.15) is 13.7 Å². The van der Waals surface area contributed by atoms with Crippen LogP contribution in [0.3, 0.4) is 0 Å². The molecule has 0 atom stereocenters. The fourth-order valence-electron chi connectivity index (χ4n) is 1.62. The Bertz CT molecular complexity index is 349. The Balaban J connectivity index is 0.000000873. The molecule has 18 heavy (non-hydrogen) atoms. The molecular weight excluding hydrogens is 326 g/mol. The molecule has 106 valence electrons. The van der Waals surface area contributed by atoms with Crippen LogP contribution in [0.4, 0.5) is 0 Å². The Morgan fingerprint density at radius 1 is 1.17 bits per heavy atom. The summed E-state index contributed by atoms with van der Waals surface area (Å²) in [5.74, 6) is -0.201. The molecular formula is C9H18BrN3O4S. The lowest BCUT2D eigenvalue weighted by atomic mass is 10.3. The number of rotatable bonds is 5. The average Bonchev–Trinajstić information content (AvgIpc) is 2.29. The molecule has 1 fully saturated rings. The van der Waals surface area contributed by atoms with Gasteiger partial charge in [0, 0.05) is 55.2 Å². The van der Waals surface area contributed by atoms with E-state index in [4.69, 9.17) is 14.9 Å². The quantitative estimate of drug-likeness (QED) is 0.639. The van der Waals surface area contributed by atoms with Crippen molar-refractivity contribution in [2.75, 3.05) is 51.6 Å². The first-order valence-corrected chi connectivity index (χ1v) is 7.83. The second-order valence-corrected chi connectivity index (χ2v) is 5.70. The lowest BCUT2D eigenvalue weighted by Crippen LogP contribution is -2.48. The third-order valence-electron chi connectivity index (χ3n) is 2.55. The number of aliphatic hydroxyl groups is 1. The maximum Gasteiger partial charge on any atom is 0.266 e. The zero-order valence-corrected chi connectivity index (χ0v) is 12.4. The van der Waals surface area contributed by atoms with Gasteiger partial charge in [0.05, 0.1) is 12.4 Å². The van der Waals surface area contributed by atoms with E-state index >= 15 is 0 Å². The van der Waals surface area contributed by atoms with Crippen LogP contribution in [-0.4, -0.2) is 79.5 Å². The lowest BCUT2D eigenvalue weighted by Gasteiger charge is -2.33. The van der Waals surface area contributed by atoms with E-state index in [2.05, 4.69) is 20.8 Å². The van der Waals surface area contributed by atoms with Crippen molar-refractivity contribution in [3.8, 4) is 4.98 Å². The Kier molecular flexibility index (Phi) is 9.53. The average molecular weight is 344 g/mol. The van der Waals surface area contributed by atoms with Crippen LogP contribution in [-0.2, 0) is 10.1 Å². The van der Waals surface area contributed by atoms with Crippen molar-refractivity contribution in [2.45, 2.75) is 0 Å². The molecule has 9 heteroatoms. The molecule has 0 saturated carbocycles. The molecule has 2 N–H and O–H groups in total. The summed E-state index contributed by atoms with van der Waals surface area (Å²) in [7, 11) is -3.84. The molecule has 0 aliphatic carbocycles. The smallest absolute Gasteiger partial charge is 0.266 e. The van der Waals surface area contributed by atoms with Crippen LogP contribution in [0.1, 0.15) is 0 Å². The first-order chi connectivity index (χ1) is 8.42. The van der Waals surface area contributed by atoms with Crippen molar-refractivity contribution >= 4 is 26.0 Å². The molecule has 0 spiro atoms. The van der Waals surface area contributed by atoms with Gasteiger partial charge in [-0.15, -0.1) is 0 Å².